The highest BCUT2D eigenvalue weighted by Gasteiger charge is 2.08. The Balaban J connectivity index is 2.19. The Hall–Kier alpha value is -2.37. The van der Waals surface area contributed by atoms with Gasteiger partial charge in [-0.25, -0.2) is 0 Å². The van der Waals surface area contributed by atoms with Crippen LogP contribution in [-0.2, 0) is 6.42 Å². The van der Waals surface area contributed by atoms with Crippen LogP contribution in [0.4, 0.5) is 0 Å². The fourth-order valence-electron chi connectivity index (χ4n) is 2.83. The van der Waals surface area contributed by atoms with E-state index in [0.29, 0.717) is 6.42 Å². The quantitative estimate of drug-likeness (QED) is 0.433. The molecule has 1 heterocycles. The summed E-state index contributed by atoms with van der Waals surface area (Å²) in [6.07, 6.45) is 0.478. The molecule has 4 rings (SSSR count). The second kappa shape index (κ2) is 4.33. The molecule has 0 atom stereocenters. The fraction of sp³-hybridized carbons (Fsp3) is 0.0556. The van der Waals surface area contributed by atoms with Gasteiger partial charge >= 0.3 is 0 Å². The zero-order valence-corrected chi connectivity index (χ0v) is 11.6. The van der Waals surface area contributed by atoms with Gasteiger partial charge in [0.2, 0.25) is 0 Å². The molecule has 0 amide bonds. The highest BCUT2D eigenvalue weighted by molar-refractivity contribution is 7.17. The minimum absolute atomic E-state index is 0.478. The monoisotopic (exact) mass is 273 g/mol. The van der Waals surface area contributed by atoms with Gasteiger partial charge < -0.3 is 0 Å². The van der Waals surface area contributed by atoms with Crippen LogP contribution >= 0.6 is 11.3 Å². The van der Waals surface area contributed by atoms with Gasteiger partial charge in [-0.05, 0) is 50.7 Å². The maximum atomic E-state index is 9.00. The van der Waals surface area contributed by atoms with Crippen molar-refractivity contribution in [2.75, 3.05) is 0 Å². The number of hydrogen-bond donors (Lipinski definition) is 0. The number of thiophene rings is 1. The number of nitriles is 1. The topological polar surface area (TPSA) is 23.8 Å². The molecule has 0 aliphatic carbocycles. The number of fused-ring (bicyclic) bond motifs is 4. The number of rotatable bonds is 1. The molecule has 94 valence electrons. The molecule has 0 unspecified atom stereocenters. The summed E-state index contributed by atoms with van der Waals surface area (Å²) in [6.45, 7) is 0. The predicted molar refractivity (Wildman–Crippen MR) is 86.2 cm³/mol. The third-order valence-corrected chi connectivity index (χ3v) is 4.76. The molecular weight excluding hydrogens is 262 g/mol. The standard InChI is InChI=1S/C18H11NS/c19-8-7-15-11-20-17-6-5-14-9-12-3-1-2-4-13(12)10-16(14)18(15)17/h1-6,9-11H,7H2. The van der Waals surface area contributed by atoms with Crippen molar-refractivity contribution in [3.63, 3.8) is 0 Å². The van der Waals surface area contributed by atoms with Crippen molar-refractivity contribution >= 4 is 43.0 Å². The van der Waals surface area contributed by atoms with Crippen LogP contribution in [0.2, 0.25) is 0 Å². The minimum atomic E-state index is 0.478. The van der Waals surface area contributed by atoms with Crippen LogP contribution in [0, 0.1) is 11.3 Å². The van der Waals surface area contributed by atoms with Crippen molar-refractivity contribution in [3.05, 3.63) is 59.5 Å². The van der Waals surface area contributed by atoms with Gasteiger partial charge in [0.1, 0.15) is 0 Å². The Morgan fingerprint density at radius 3 is 2.55 bits per heavy atom. The summed E-state index contributed by atoms with van der Waals surface area (Å²) in [5.41, 5.74) is 1.15. The van der Waals surface area contributed by atoms with E-state index in [9.17, 15) is 0 Å². The maximum Gasteiger partial charge on any atom is 0.0670 e. The molecule has 1 nitrogen and oxygen atoms in total. The fourth-order valence-corrected chi connectivity index (χ4v) is 3.81. The van der Waals surface area contributed by atoms with E-state index in [1.165, 1.54) is 31.6 Å². The first-order valence-electron chi connectivity index (χ1n) is 6.55. The highest BCUT2D eigenvalue weighted by Crippen LogP contribution is 2.35. The molecule has 0 radical (unpaired) electrons. The van der Waals surface area contributed by atoms with Crippen LogP contribution in [0.1, 0.15) is 5.56 Å². The molecule has 0 N–H and O–H groups in total. The normalized spacial score (nSPS) is 11.2. The summed E-state index contributed by atoms with van der Waals surface area (Å²) in [5, 5.41) is 17.4. The van der Waals surface area contributed by atoms with Crippen LogP contribution in [-0.4, -0.2) is 0 Å². The van der Waals surface area contributed by atoms with E-state index in [1.54, 1.807) is 11.3 Å². The van der Waals surface area contributed by atoms with Gasteiger partial charge in [-0.3, -0.25) is 0 Å². The van der Waals surface area contributed by atoms with Gasteiger partial charge in [-0.2, -0.15) is 5.26 Å². The molecule has 0 saturated heterocycles. The number of nitrogens with zero attached hydrogens (tertiary/aromatic N) is 1. The maximum absolute atomic E-state index is 9.00. The third kappa shape index (κ3) is 1.61. The summed E-state index contributed by atoms with van der Waals surface area (Å²) in [5.74, 6) is 0. The van der Waals surface area contributed by atoms with E-state index >= 15 is 0 Å². The van der Waals surface area contributed by atoms with Crippen LogP contribution in [0.5, 0.6) is 0 Å². The van der Waals surface area contributed by atoms with Crippen molar-refractivity contribution in [2.24, 2.45) is 0 Å². The lowest BCUT2D eigenvalue weighted by Crippen LogP contribution is -1.81. The Morgan fingerprint density at radius 2 is 1.75 bits per heavy atom. The van der Waals surface area contributed by atoms with Gasteiger partial charge in [-0.15, -0.1) is 11.3 Å². The molecule has 4 aromatic rings. The molecule has 20 heavy (non-hydrogen) atoms. The van der Waals surface area contributed by atoms with Gasteiger partial charge in [-0.1, -0.05) is 30.3 Å². The first-order chi connectivity index (χ1) is 9.86. The van der Waals surface area contributed by atoms with Gasteiger partial charge in [0.25, 0.3) is 0 Å². The molecular formula is C18H11NS. The van der Waals surface area contributed by atoms with E-state index in [2.05, 4.69) is 60.0 Å². The number of hydrogen-bond acceptors (Lipinski definition) is 2. The molecule has 0 aliphatic rings. The zero-order valence-electron chi connectivity index (χ0n) is 10.8. The molecule has 0 saturated carbocycles. The zero-order chi connectivity index (χ0) is 13.5. The molecule has 0 bridgehead atoms. The van der Waals surface area contributed by atoms with Crippen molar-refractivity contribution < 1.29 is 0 Å². The smallest absolute Gasteiger partial charge is 0.0670 e. The molecule has 1 aromatic heterocycles. The van der Waals surface area contributed by atoms with Gasteiger partial charge in [0.15, 0.2) is 0 Å². The third-order valence-electron chi connectivity index (χ3n) is 3.77. The Kier molecular flexibility index (Phi) is 2.48. The summed E-state index contributed by atoms with van der Waals surface area (Å²) in [7, 11) is 0. The predicted octanol–water partition coefficient (Wildman–Crippen LogP) is 5.27. The molecule has 0 aliphatic heterocycles. The summed E-state index contributed by atoms with van der Waals surface area (Å²) in [6, 6.07) is 19.5. The Labute approximate surface area is 120 Å². The van der Waals surface area contributed by atoms with Gasteiger partial charge in [0, 0.05) is 10.1 Å². The van der Waals surface area contributed by atoms with Crippen molar-refractivity contribution in [2.45, 2.75) is 6.42 Å². The molecule has 0 spiro atoms. The van der Waals surface area contributed by atoms with Crippen LogP contribution < -0.4 is 0 Å². The molecule has 2 heteroatoms. The lowest BCUT2D eigenvalue weighted by Gasteiger charge is -2.05. The SMILES string of the molecule is N#CCc1csc2ccc3cc4ccccc4cc3c12. The van der Waals surface area contributed by atoms with Crippen molar-refractivity contribution in [3.8, 4) is 6.07 Å². The Morgan fingerprint density at radius 1 is 0.950 bits per heavy atom. The summed E-state index contributed by atoms with van der Waals surface area (Å²) in [4.78, 5) is 0. The second-order valence-corrected chi connectivity index (χ2v) is 5.87. The van der Waals surface area contributed by atoms with E-state index in [1.807, 2.05) is 0 Å². The summed E-state index contributed by atoms with van der Waals surface area (Å²) >= 11 is 1.72. The number of benzene rings is 3. The van der Waals surface area contributed by atoms with Crippen LogP contribution in [0.3, 0.4) is 0 Å². The second-order valence-electron chi connectivity index (χ2n) is 4.96. The van der Waals surface area contributed by atoms with Crippen LogP contribution in [0.15, 0.2) is 53.9 Å². The Bertz CT molecular complexity index is 989. The average Bonchev–Trinajstić information content (AvgIpc) is 2.89. The van der Waals surface area contributed by atoms with E-state index in [4.69, 9.17) is 5.26 Å². The first kappa shape index (κ1) is 11.5. The van der Waals surface area contributed by atoms with Crippen molar-refractivity contribution in [1.82, 2.24) is 0 Å². The largest absolute Gasteiger partial charge is 0.198 e. The lowest BCUT2D eigenvalue weighted by atomic mass is 9.99. The first-order valence-corrected chi connectivity index (χ1v) is 7.43. The van der Waals surface area contributed by atoms with Crippen molar-refractivity contribution in [1.29, 1.82) is 5.26 Å². The van der Waals surface area contributed by atoms with E-state index in [-0.39, 0.29) is 0 Å². The molecule has 0 fully saturated rings. The van der Waals surface area contributed by atoms with Gasteiger partial charge in [0.05, 0.1) is 12.5 Å². The summed E-state index contributed by atoms with van der Waals surface area (Å²) < 4.78 is 1.26. The van der Waals surface area contributed by atoms with E-state index in [0.717, 1.165) is 5.56 Å². The highest BCUT2D eigenvalue weighted by atomic mass is 32.1. The minimum Gasteiger partial charge on any atom is -0.198 e. The van der Waals surface area contributed by atoms with E-state index < -0.39 is 0 Å². The van der Waals surface area contributed by atoms with Crippen LogP contribution in [0.25, 0.3) is 31.6 Å². The lowest BCUT2D eigenvalue weighted by molar-refractivity contribution is 1.31. The molecule has 3 aromatic carbocycles. The average molecular weight is 273 g/mol.